The topological polar surface area (TPSA) is 72.5 Å². The minimum Gasteiger partial charge on any atom is -0.456 e. The first-order valence-electron chi connectivity index (χ1n) is 8.08. The molecule has 2 aromatic carbocycles. The third kappa shape index (κ3) is 6.41. The molecule has 0 aliphatic carbocycles. The van der Waals surface area contributed by atoms with Gasteiger partial charge in [0.1, 0.15) is 22.7 Å². The molecule has 0 heterocycles. The lowest BCUT2D eigenvalue weighted by atomic mass is 10.1. The second-order valence-corrected chi connectivity index (χ2v) is 6.99. The van der Waals surface area contributed by atoms with E-state index in [0.717, 1.165) is 30.0 Å². The van der Waals surface area contributed by atoms with Crippen molar-refractivity contribution >= 4 is 35.1 Å². The van der Waals surface area contributed by atoms with Crippen LogP contribution in [0.25, 0.3) is 0 Å². The molecule has 148 valence electrons. The van der Waals surface area contributed by atoms with Crippen molar-refractivity contribution in [3.63, 3.8) is 0 Å². The van der Waals surface area contributed by atoms with Crippen molar-refractivity contribution in [2.24, 2.45) is 0 Å². The zero-order chi connectivity index (χ0) is 20.7. The van der Waals surface area contributed by atoms with Crippen molar-refractivity contribution in [1.29, 1.82) is 0 Å². The Balaban J connectivity index is 1.77. The van der Waals surface area contributed by atoms with Crippen LogP contribution in [-0.2, 0) is 14.3 Å². The van der Waals surface area contributed by atoms with E-state index in [-0.39, 0.29) is 5.75 Å². The number of anilines is 1. The predicted molar refractivity (Wildman–Crippen MR) is 98.6 cm³/mol. The lowest BCUT2D eigenvalue weighted by molar-refractivity contribution is -0.141. The maximum absolute atomic E-state index is 13.5. The molecule has 0 aliphatic rings. The second-order valence-electron chi connectivity index (χ2n) is 5.66. The number of esters is 1. The molecular weight excluding hydrogens is 395 g/mol. The number of Topliss-reactive ketones (excluding diaryl/α,β-unsaturated/α-hetero) is 1. The molecule has 0 fully saturated rings. The molecule has 0 aromatic heterocycles. The summed E-state index contributed by atoms with van der Waals surface area (Å²) >= 11 is 0.962. The highest BCUT2D eigenvalue weighted by atomic mass is 32.2. The average molecular weight is 411 g/mol. The van der Waals surface area contributed by atoms with Crippen LogP contribution in [0.5, 0.6) is 0 Å². The monoisotopic (exact) mass is 411 g/mol. The number of hydrogen-bond acceptors (Lipinski definition) is 5. The molecule has 2 rings (SSSR count). The molecule has 0 saturated carbocycles. The Labute approximate surface area is 163 Å². The van der Waals surface area contributed by atoms with Gasteiger partial charge in [0.2, 0.25) is 11.7 Å². The molecule has 28 heavy (non-hydrogen) atoms. The first kappa shape index (κ1) is 21.5. The second kappa shape index (κ2) is 9.93. The Morgan fingerprint density at radius 1 is 1.04 bits per heavy atom. The molecule has 2 aromatic rings. The van der Waals surface area contributed by atoms with E-state index in [1.165, 1.54) is 31.2 Å². The number of halogens is 3. The van der Waals surface area contributed by atoms with Gasteiger partial charge in [-0.05, 0) is 49.4 Å². The van der Waals surface area contributed by atoms with E-state index in [4.69, 9.17) is 4.74 Å². The Kier molecular flexibility index (Phi) is 7.62. The number of carbonyl (C=O) groups excluding carboxylic acids is 3. The first-order valence-corrected chi connectivity index (χ1v) is 9.13. The number of ketones is 1. The molecule has 0 spiro atoms. The predicted octanol–water partition coefficient (Wildman–Crippen LogP) is 3.59. The van der Waals surface area contributed by atoms with Gasteiger partial charge in [-0.2, -0.15) is 0 Å². The molecule has 0 bridgehead atoms. The first-order chi connectivity index (χ1) is 13.3. The van der Waals surface area contributed by atoms with Crippen molar-refractivity contribution in [1.82, 2.24) is 0 Å². The van der Waals surface area contributed by atoms with Gasteiger partial charge in [0.05, 0.1) is 11.3 Å². The van der Waals surface area contributed by atoms with Crippen molar-refractivity contribution in [3.8, 4) is 0 Å². The van der Waals surface area contributed by atoms with Crippen LogP contribution in [0, 0.1) is 17.5 Å². The Morgan fingerprint density at radius 3 is 2.36 bits per heavy atom. The summed E-state index contributed by atoms with van der Waals surface area (Å²) in [5.41, 5.74) is -0.100. The van der Waals surface area contributed by atoms with E-state index < -0.39 is 52.5 Å². The number of thioether (sulfide) groups is 1. The maximum Gasteiger partial charge on any atom is 0.319 e. The largest absolute Gasteiger partial charge is 0.456 e. The van der Waals surface area contributed by atoms with Crippen LogP contribution in [0.4, 0.5) is 18.9 Å². The number of ether oxygens (including phenoxy) is 1. The Bertz CT molecular complexity index is 874. The number of rotatable bonds is 8. The number of carbonyl (C=O) groups is 3. The van der Waals surface area contributed by atoms with E-state index in [1.807, 2.05) is 0 Å². The van der Waals surface area contributed by atoms with Gasteiger partial charge in [-0.25, -0.2) is 13.2 Å². The molecule has 1 unspecified atom stereocenters. The highest BCUT2D eigenvalue weighted by molar-refractivity contribution is 8.01. The molecule has 0 radical (unpaired) electrons. The van der Waals surface area contributed by atoms with Gasteiger partial charge in [-0.15, -0.1) is 11.8 Å². The molecule has 1 amide bonds. The van der Waals surface area contributed by atoms with Crippen molar-refractivity contribution in [3.05, 3.63) is 65.5 Å². The standard InChI is InChI=1S/C19H16F3NO4S/c1-11(28-10-18(25)23-14-5-2-12(20)3-6-14)19(26)27-9-17(24)15-8-13(21)4-7-16(15)22/h2-8,11H,9-10H2,1H3,(H,23,25). The molecule has 1 atom stereocenters. The molecule has 5 nitrogen and oxygen atoms in total. The number of nitrogens with one attached hydrogen (secondary N) is 1. The summed E-state index contributed by atoms with van der Waals surface area (Å²) in [5, 5.41) is 1.76. The highest BCUT2D eigenvalue weighted by Crippen LogP contribution is 2.15. The number of benzene rings is 2. The van der Waals surface area contributed by atoms with Crippen LogP contribution in [0.3, 0.4) is 0 Å². The van der Waals surface area contributed by atoms with Crippen LogP contribution in [-0.4, -0.2) is 35.3 Å². The normalized spacial score (nSPS) is 11.6. The van der Waals surface area contributed by atoms with Gasteiger partial charge in [0, 0.05) is 5.69 Å². The van der Waals surface area contributed by atoms with E-state index in [1.54, 1.807) is 0 Å². The van der Waals surface area contributed by atoms with Crippen LogP contribution in [0.2, 0.25) is 0 Å². The van der Waals surface area contributed by atoms with Gasteiger partial charge in [0.15, 0.2) is 6.61 Å². The third-order valence-electron chi connectivity index (χ3n) is 3.50. The fraction of sp³-hybridized carbons (Fsp3) is 0.211. The van der Waals surface area contributed by atoms with Gasteiger partial charge < -0.3 is 10.1 Å². The summed E-state index contributed by atoms with van der Waals surface area (Å²) < 4.78 is 44.2. The van der Waals surface area contributed by atoms with E-state index in [0.29, 0.717) is 5.69 Å². The molecule has 9 heteroatoms. The minimum atomic E-state index is -0.915. The molecule has 0 aliphatic heterocycles. The van der Waals surface area contributed by atoms with Gasteiger partial charge in [0.25, 0.3) is 0 Å². The van der Waals surface area contributed by atoms with Crippen LogP contribution < -0.4 is 5.32 Å². The maximum atomic E-state index is 13.5. The zero-order valence-corrected chi connectivity index (χ0v) is 15.5. The smallest absolute Gasteiger partial charge is 0.319 e. The van der Waals surface area contributed by atoms with Gasteiger partial charge in [-0.3, -0.25) is 14.4 Å². The lowest BCUT2D eigenvalue weighted by Gasteiger charge is -2.11. The van der Waals surface area contributed by atoms with E-state index in [2.05, 4.69) is 5.32 Å². The third-order valence-corrected chi connectivity index (χ3v) is 4.62. The summed E-state index contributed by atoms with van der Waals surface area (Å²) in [4.78, 5) is 35.6. The molecule has 0 saturated heterocycles. The minimum absolute atomic E-state index is 0.0832. The molecular formula is C19H16F3NO4S. The van der Waals surface area contributed by atoms with Crippen LogP contribution in [0.15, 0.2) is 42.5 Å². The summed E-state index contributed by atoms with van der Waals surface area (Å²) in [7, 11) is 0. The zero-order valence-electron chi connectivity index (χ0n) is 14.7. The fourth-order valence-electron chi connectivity index (χ4n) is 2.04. The summed E-state index contributed by atoms with van der Waals surface area (Å²) in [5.74, 6) is -4.28. The average Bonchev–Trinajstić information content (AvgIpc) is 2.67. The number of hydrogen-bond donors (Lipinski definition) is 1. The summed E-state index contributed by atoms with van der Waals surface area (Å²) in [6.45, 7) is 0.733. The lowest BCUT2D eigenvalue weighted by Crippen LogP contribution is -2.24. The quantitative estimate of drug-likeness (QED) is 0.531. The Hall–Kier alpha value is -2.81. The molecule has 1 N–H and O–H groups in total. The summed E-state index contributed by atoms with van der Waals surface area (Å²) in [6.07, 6.45) is 0. The van der Waals surface area contributed by atoms with Crippen LogP contribution in [0.1, 0.15) is 17.3 Å². The van der Waals surface area contributed by atoms with Crippen molar-refractivity contribution in [2.45, 2.75) is 12.2 Å². The number of amides is 1. The van der Waals surface area contributed by atoms with Gasteiger partial charge >= 0.3 is 5.97 Å². The van der Waals surface area contributed by atoms with E-state index >= 15 is 0 Å². The van der Waals surface area contributed by atoms with Crippen molar-refractivity contribution in [2.75, 3.05) is 17.7 Å². The van der Waals surface area contributed by atoms with Crippen molar-refractivity contribution < 1.29 is 32.3 Å². The highest BCUT2D eigenvalue weighted by Gasteiger charge is 2.20. The Morgan fingerprint density at radius 2 is 1.68 bits per heavy atom. The van der Waals surface area contributed by atoms with Gasteiger partial charge in [-0.1, -0.05) is 0 Å². The fourth-order valence-corrected chi connectivity index (χ4v) is 2.72. The summed E-state index contributed by atoms with van der Waals surface area (Å²) in [6, 6.07) is 7.59. The van der Waals surface area contributed by atoms with Crippen LogP contribution >= 0.6 is 11.8 Å². The SMILES string of the molecule is CC(SCC(=O)Nc1ccc(F)cc1)C(=O)OCC(=O)c1cc(F)ccc1F. The van der Waals surface area contributed by atoms with E-state index in [9.17, 15) is 27.6 Å².